The number of hydrogen-bond donors (Lipinski definition) is 19. The summed E-state index contributed by atoms with van der Waals surface area (Å²) in [6.07, 6.45) is -2.90. The molecule has 3 aromatic rings. The number of H-pyrrole nitrogens is 1. The Morgan fingerprint density at radius 3 is 1.40 bits per heavy atom. The molecule has 9 amide bonds. The second-order valence-corrected chi connectivity index (χ2v) is 24.3. The Morgan fingerprint density at radius 1 is 0.437 bits per heavy atom. The molecular formula is C64H87N13O26. The molecule has 1 aliphatic rings. The maximum absolute atomic E-state index is 14.1. The van der Waals surface area contributed by atoms with E-state index in [2.05, 4.69) is 47.5 Å². The first-order chi connectivity index (χ1) is 48.7. The molecule has 1 fully saturated rings. The molecular weight excluding hydrogens is 1370 g/mol. The number of aromatic carboxylic acids is 1. The van der Waals surface area contributed by atoms with Crippen molar-refractivity contribution in [2.75, 3.05) is 78.5 Å². The second-order valence-electron chi connectivity index (χ2n) is 24.3. The number of para-hydroxylation sites is 1. The van der Waals surface area contributed by atoms with Crippen LogP contribution in [0.15, 0.2) is 54.7 Å². The van der Waals surface area contributed by atoms with Gasteiger partial charge in [0.1, 0.15) is 36.3 Å². The van der Waals surface area contributed by atoms with E-state index in [9.17, 15) is 122 Å². The van der Waals surface area contributed by atoms with Crippen LogP contribution >= 0.6 is 0 Å². The summed E-state index contributed by atoms with van der Waals surface area (Å²) < 4.78 is 0. The number of fused-ring (bicyclic) bond motifs is 1. The molecule has 19 N–H and O–H groups in total. The number of rotatable bonds is 43. The van der Waals surface area contributed by atoms with Crippen LogP contribution in [-0.4, -0.2) is 282 Å². The molecule has 1 aliphatic heterocycles. The number of carbonyl (C=O) groups is 17. The molecule has 0 spiro atoms. The van der Waals surface area contributed by atoms with Crippen molar-refractivity contribution in [3.63, 3.8) is 0 Å². The van der Waals surface area contributed by atoms with Crippen molar-refractivity contribution in [1.29, 1.82) is 0 Å². The third-order valence-electron chi connectivity index (χ3n) is 16.2. The van der Waals surface area contributed by atoms with E-state index in [1.165, 1.54) is 39.0 Å². The monoisotopic (exact) mass is 1450 g/mol. The molecule has 2 aromatic carbocycles. The number of aliphatic carboxylic acids is 8. The average Bonchev–Trinajstić information content (AvgIpc) is 1.70. The highest BCUT2D eigenvalue weighted by Gasteiger charge is 2.32. The lowest BCUT2D eigenvalue weighted by Gasteiger charge is -2.31. The highest BCUT2D eigenvalue weighted by Crippen LogP contribution is 2.21. The van der Waals surface area contributed by atoms with Gasteiger partial charge >= 0.3 is 59.8 Å². The van der Waals surface area contributed by atoms with Crippen molar-refractivity contribution in [2.24, 2.45) is 5.92 Å². The summed E-state index contributed by atoms with van der Waals surface area (Å²) in [5.74, 6) is -19.8. The summed E-state index contributed by atoms with van der Waals surface area (Å²) in [7, 11) is 0. The normalized spacial score (nSPS) is 15.0. The highest BCUT2D eigenvalue weighted by atomic mass is 16.4. The number of benzene rings is 2. The van der Waals surface area contributed by atoms with Crippen molar-refractivity contribution in [2.45, 2.75) is 126 Å². The number of carboxylic acids is 9. The van der Waals surface area contributed by atoms with Gasteiger partial charge in [-0.2, -0.15) is 0 Å². The number of carboxylic acid groups (broad SMARTS) is 9. The molecule has 0 radical (unpaired) electrons. The van der Waals surface area contributed by atoms with Gasteiger partial charge in [-0.3, -0.25) is 77.0 Å². The molecule has 4 rings (SSSR count). The number of amides is 9. The van der Waals surface area contributed by atoms with Gasteiger partial charge in [-0.25, -0.2) is 19.2 Å². The number of hydrogen-bond acceptors (Lipinski definition) is 20. The molecule has 2 heterocycles. The Hall–Kier alpha value is -11.3. The zero-order chi connectivity index (χ0) is 76.3. The smallest absolute Gasteiger partial charge is 0.335 e. The number of nitrogens with zero attached hydrogens (tertiary/aromatic N) is 3. The van der Waals surface area contributed by atoms with Crippen molar-refractivity contribution >= 4 is 112 Å². The van der Waals surface area contributed by atoms with Crippen LogP contribution in [0.4, 0.5) is 4.79 Å². The Kier molecular flexibility index (Phi) is 35.4. The number of unbranched alkanes of at least 4 members (excludes halogenated alkanes) is 1. The summed E-state index contributed by atoms with van der Waals surface area (Å²) in [4.78, 5) is 223. The van der Waals surface area contributed by atoms with Crippen LogP contribution in [0.5, 0.6) is 0 Å². The number of urea groups is 1. The third-order valence-corrected chi connectivity index (χ3v) is 16.2. The molecule has 1 saturated heterocycles. The van der Waals surface area contributed by atoms with Gasteiger partial charge in [0.05, 0.1) is 38.3 Å². The standard InChI is InChI=1S/C64H87N13O26/c78-48(28-36-17-20-75(33-54(87)88)22-24-77(35-56(91)92)25-23-76(21-18-36)34-55(89)90)69-43(12-15-52(83)84)60(96)72-42(11-14-51(81)82)57(93)67-31-49(79)70-46(27-37-6-5-7-38(26-37)61(97)98)59(95)68-32-50(80)71-47(29-39-30-66-41-9-2-1-8-40(39)41)58(94)65-19-4-3-10-44(62(99)100)73-64(103)74-45(63(101)102)13-16-53(85)86/h1-2,5-9,26,30,36,42-47,66H,3-4,10-25,27-29,31-35H2,(H,65,94)(H,67,93)(H,68,95)(H,69,78)(H,70,79)(H,71,80)(H,72,96)(H,81,82)(H,83,84)(H,85,86)(H,87,88)(H,89,90)(H,91,92)(H,97,98)(H,99,100)(H,101,102)(H2,73,74,103)/t42-,43-,44-,45-,46-,47-/m0/s1. The fourth-order valence-corrected chi connectivity index (χ4v) is 10.9. The molecule has 0 bridgehead atoms. The summed E-state index contributed by atoms with van der Waals surface area (Å²) in [5, 5.41) is 107. The topological polar surface area (TPSA) is 606 Å². The molecule has 6 atom stereocenters. The van der Waals surface area contributed by atoms with E-state index in [4.69, 9.17) is 5.11 Å². The lowest BCUT2D eigenvalue weighted by atomic mass is 9.95. The summed E-state index contributed by atoms with van der Waals surface area (Å²) >= 11 is 0. The van der Waals surface area contributed by atoms with Crippen LogP contribution in [0.25, 0.3) is 10.9 Å². The van der Waals surface area contributed by atoms with Crippen LogP contribution in [-0.2, 0) is 84.8 Å². The van der Waals surface area contributed by atoms with Gasteiger partial charge in [0.15, 0.2) is 0 Å². The van der Waals surface area contributed by atoms with Gasteiger partial charge in [-0.05, 0) is 99.7 Å². The molecule has 1 aromatic heterocycles. The first-order valence-corrected chi connectivity index (χ1v) is 32.6. The summed E-state index contributed by atoms with van der Waals surface area (Å²) in [6.45, 7) is -2.76. The first kappa shape index (κ1) is 84.1. The van der Waals surface area contributed by atoms with Crippen molar-refractivity contribution in [1.82, 2.24) is 67.5 Å². The first-order valence-electron chi connectivity index (χ1n) is 32.6. The van der Waals surface area contributed by atoms with Crippen LogP contribution in [0, 0.1) is 5.92 Å². The van der Waals surface area contributed by atoms with Gasteiger partial charge in [0, 0.05) is 88.3 Å². The molecule has 0 aliphatic carbocycles. The quantitative estimate of drug-likeness (QED) is 0.0249. The SMILES string of the molecule is O=C(O)CC[C@H](NC(=O)N[C@@H](CCCCNC(=O)[C@H](Cc1c[nH]c2ccccc12)NC(=O)CNC(=O)[C@H](Cc1cccc(C(=O)O)c1)NC(=O)CNC(=O)[C@H](CCC(=O)O)NC(=O)[C@H](CCC(=O)O)NC(=O)CC1CCN(CC(=O)O)CCN(CC(=O)O)CCN(CC(=O)O)CC1)C(=O)O)C(=O)O. The Labute approximate surface area is 587 Å². The maximum Gasteiger partial charge on any atom is 0.335 e. The average molecular weight is 1450 g/mol. The number of carbonyl (C=O) groups excluding carboxylic acids is 8. The predicted octanol–water partition coefficient (Wildman–Crippen LogP) is -3.13. The fourth-order valence-electron chi connectivity index (χ4n) is 10.9. The Morgan fingerprint density at radius 2 is 0.893 bits per heavy atom. The third kappa shape index (κ3) is 32.7. The van der Waals surface area contributed by atoms with E-state index in [1.54, 1.807) is 30.5 Å². The molecule has 103 heavy (non-hydrogen) atoms. The molecule has 0 saturated carbocycles. The molecule has 0 unspecified atom stereocenters. The van der Waals surface area contributed by atoms with E-state index in [0.717, 1.165) is 0 Å². The van der Waals surface area contributed by atoms with Gasteiger partial charge < -0.3 is 98.8 Å². The zero-order valence-electron chi connectivity index (χ0n) is 55.9. The maximum atomic E-state index is 14.1. The van der Waals surface area contributed by atoms with E-state index in [-0.39, 0.29) is 102 Å². The van der Waals surface area contributed by atoms with Gasteiger partial charge in [-0.15, -0.1) is 0 Å². The molecule has 39 heteroatoms. The minimum Gasteiger partial charge on any atom is -0.481 e. The van der Waals surface area contributed by atoms with Crippen LogP contribution in [0.2, 0.25) is 0 Å². The van der Waals surface area contributed by atoms with E-state index < -0.39 is 221 Å². The minimum absolute atomic E-state index is 0.0662. The minimum atomic E-state index is -1.79. The number of aromatic nitrogens is 1. The van der Waals surface area contributed by atoms with Gasteiger partial charge in [0.25, 0.3) is 0 Å². The lowest BCUT2D eigenvalue weighted by molar-refractivity contribution is -0.141. The van der Waals surface area contributed by atoms with E-state index in [1.807, 2.05) is 5.32 Å². The largest absolute Gasteiger partial charge is 0.481 e. The van der Waals surface area contributed by atoms with Crippen molar-refractivity contribution in [3.8, 4) is 0 Å². The second kappa shape index (κ2) is 43.3. The fraction of sp³-hybridized carbons (Fsp3) is 0.516. The van der Waals surface area contributed by atoms with Crippen LogP contribution in [0.3, 0.4) is 0 Å². The Bertz CT molecular complexity index is 3500. The number of aromatic amines is 1. The van der Waals surface area contributed by atoms with Crippen molar-refractivity contribution in [3.05, 3.63) is 71.4 Å². The van der Waals surface area contributed by atoms with E-state index >= 15 is 0 Å². The van der Waals surface area contributed by atoms with Crippen molar-refractivity contribution < 1.29 is 127 Å². The molecule has 564 valence electrons. The van der Waals surface area contributed by atoms with Crippen LogP contribution in [0.1, 0.15) is 98.5 Å². The summed E-state index contributed by atoms with van der Waals surface area (Å²) in [6, 6.07) is 1.30. The summed E-state index contributed by atoms with van der Waals surface area (Å²) in [5.41, 5.74) is 1.19. The Balaban J connectivity index is 1.47. The van der Waals surface area contributed by atoms with E-state index in [0.29, 0.717) is 16.5 Å². The highest BCUT2D eigenvalue weighted by molar-refractivity contribution is 5.97. The van der Waals surface area contributed by atoms with Gasteiger partial charge in [0.2, 0.25) is 41.4 Å². The number of nitrogens with one attached hydrogen (secondary N) is 10. The van der Waals surface area contributed by atoms with Gasteiger partial charge in [-0.1, -0.05) is 30.3 Å². The van der Waals surface area contributed by atoms with Crippen LogP contribution < -0.4 is 47.9 Å². The zero-order valence-corrected chi connectivity index (χ0v) is 55.9. The predicted molar refractivity (Wildman–Crippen MR) is 354 cm³/mol. The lowest BCUT2D eigenvalue weighted by Crippen LogP contribution is -2.56. The molecule has 39 nitrogen and oxygen atoms in total.